The van der Waals surface area contributed by atoms with Gasteiger partial charge in [-0.15, -0.1) is 0 Å². The Hall–Kier alpha value is -3.17. The number of piperidine rings is 1. The van der Waals surface area contributed by atoms with Crippen molar-refractivity contribution >= 4 is 47.0 Å². The highest BCUT2D eigenvalue weighted by Crippen LogP contribution is 2.48. The molecule has 1 heterocycles. The number of carbonyl (C=O) groups excluding carboxylic acids is 1. The molecule has 2 N–H and O–H groups in total. The Kier molecular flexibility index (Phi) is 10.7. The first-order valence-corrected chi connectivity index (χ1v) is 16.4. The second-order valence-corrected chi connectivity index (χ2v) is 13.8. The molecule has 1 aliphatic heterocycles. The van der Waals surface area contributed by atoms with Crippen LogP contribution in [0.2, 0.25) is 0 Å². The lowest BCUT2D eigenvalue weighted by Gasteiger charge is -2.33. The molecule has 0 saturated carbocycles. The average molecular weight is 629 g/mol. The van der Waals surface area contributed by atoms with Gasteiger partial charge in [0, 0.05) is 31.3 Å². The molecule has 0 spiro atoms. The lowest BCUT2D eigenvalue weighted by Crippen LogP contribution is -2.44. The van der Waals surface area contributed by atoms with Crippen molar-refractivity contribution in [2.24, 2.45) is 5.73 Å². The summed E-state index contributed by atoms with van der Waals surface area (Å²) in [5.41, 5.74) is 6.99. The number of nitrogens with two attached hydrogens (primary N) is 1. The summed E-state index contributed by atoms with van der Waals surface area (Å²) in [6, 6.07) is 16.9. The van der Waals surface area contributed by atoms with Crippen LogP contribution in [-0.4, -0.2) is 61.1 Å². The summed E-state index contributed by atoms with van der Waals surface area (Å²) in [5, 5.41) is 2.04. The first kappa shape index (κ1) is 32.7. The van der Waals surface area contributed by atoms with Crippen molar-refractivity contribution in [3.8, 4) is 11.5 Å². The molecule has 0 aliphatic carbocycles. The molecule has 0 aromatic heterocycles. The third-order valence-corrected chi connectivity index (χ3v) is 9.26. The Balaban J connectivity index is 1.35. The third-order valence-electron chi connectivity index (χ3n) is 7.01. The van der Waals surface area contributed by atoms with Crippen LogP contribution in [0.5, 0.6) is 11.5 Å². The number of rotatable bonds is 11. The molecule has 232 valence electrons. The molecule has 0 radical (unpaired) electrons. The van der Waals surface area contributed by atoms with Crippen LogP contribution < -0.4 is 20.5 Å². The minimum Gasteiger partial charge on any atom is -0.495 e. The van der Waals surface area contributed by atoms with Crippen LogP contribution >= 0.6 is 19.8 Å². The zero-order valence-corrected chi connectivity index (χ0v) is 27.2. The molecule has 1 saturated heterocycles. The number of ether oxygens (including phenoxy) is 3. The van der Waals surface area contributed by atoms with E-state index in [-0.39, 0.29) is 30.4 Å². The van der Waals surface area contributed by atoms with Gasteiger partial charge >= 0.3 is 13.7 Å². The van der Waals surface area contributed by atoms with Crippen LogP contribution in [0, 0.1) is 0 Å². The van der Waals surface area contributed by atoms with Crippen molar-refractivity contribution < 1.29 is 32.6 Å². The molecule has 43 heavy (non-hydrogen) atoms. The number of thiocarbonyl (C=S) groups is 1. The van der Waals surface area contributed by atoms with Gasteiger partial charge in [-0.3, -0.25) is 4.57 Å². The molecule has 9 nitrogen and oxygen atoms in total. The molecule has 0 bridgehead atoms. The molecule has 3 aromatic carbocycles. The van der Waals surface area contributed by atoms with Crippen molar-refractivity contribution in [2.45, 2.75) is 58.7 Å². The molecule has 3 aromatic rings. The molecule has 11 heteroatoms. The fourth-order valence-corrected chi connectivity index (χ4v) is 6.66. The molecule has 1 aliphatic rings. The summed E-state index contributed by atoms with van der Waals surface area (Å²) in [6.07, 6.45) is 1.76. The van der Waals surface area contributed by atoms with Gasteiger partial charge in [-0.25, -0.2) is 4.79 Å². The molecule has 1 unspecified atom stereocenters. The maximum Gasteiger partial charge on any atom is 0.410 e. The number of amides is 1. The smallest absolute Gasteiger partial charge is 0.410 e. The van der Waals surface area contributed by atoms with Crippen LogP contribution in [0.15, 0.2) is 54.6 Å². The van der Waals surface area contributed by atoms with Gasteiger partial charge in [0.1, 0.15) is 28.2 Å². The van der Waals surface area contributed by atoms with Gasteiger partial charge < -0.3 is 33.9 Å². The second kappa shape index (κ2) is 14.1. The maximum atomic E-state index is 13.9. The van der Waals surface area contributed by atoms with E-state index in [2.05, 4.69) is 0 Å². The number of likely N-dealkylation sites (tertiary alicyclic amines) is 1. The fourth-order valence-electron chi connectivity index (χ4n) is 4.91. The number of hydrogen-bond donors (Lipinski definition) is 1. The first-order valence-electron chi connectivity index (χ1n) is 14.5. The highest BCUT2D eigenvalue weighted by atomic mass is 32.1. The Morgan fingerprint density at radius 1 is 1.05 bits per heavy atom. The number of fused-ring (bicyclic) bond motifs is 1. The second-order valence-electron chi connectivity index (χ2n) is 11.3. The SMILES string of the molecule is CCOP(=O)(OCCc1ccc(OC2CCN(C(=O)OC(C)(C)C)CC2)cc1)c1ccc2ccc(C(N)=S)c(OC)c2c1. The van der Waals surface area contributed by atoms with E-state index in [9.17, 15) is 9.36 Å². The van der Waals surface area contributed by atoms with E-state index in [1.54, 1.807) is 31.1 Å². The van der Waals surface area contributed by atoms with E-state index >= 15 is 0 Å². The zero-order valence-electron chi connectivity index (χ0n) is 25.5. The average Bonchev–Trinajstić information content (AvgIpc) is 2.96. The van der Waals surface area contributed by atoms with E-state index in [0.717, 1.165) is 34.9 Å². The Morgan fingerprint density at radius 3 is 2.33 bits per heavy atom. The van der Waals surface area contributed by atoms with Crippen molar-refractivity contribution in [1.29, 1.82) is 0 Å². The van der Waals surface area contributed by atoms with Gasteiger partial charge in [0.15, 0.2) is 0 Å². The Morgan fingerprint density at radius 2 is 1.72 bits per heavy atom. The van der Waals surface area contributed by atoms with Crippen molar-refractivity contribution in [3.05, 3.63) is 65.7 Å². The van der Waals surface area contributed by atoms with E-state index in [1.165, 1.54) is 0 Å². The number of nitrogens with zero attached hydrogens (tertiary/aromatic N) is 1. The van der Waals surface area contributed by atoms with Gasteiger partial charge in [-0.05, 0) is 75.4 Å². The largest absolute Gasteiger partial charge is 0.495 e. The maximum absolute atomic E-state index is 13.9. The third kappa shape index (κ3) is 8.48. The van der Waals surface area contributed by atoms with Crippen LogP contribution in [-0.2, 0) is 24.8 Å². The predicted octanol–water partition coefficient (Wildman–Crippen LogP) is 6.38. The van der Waals surface area contributed by atoms with Gasteiger partial charge in [0.25, 0.3) is 0 Å². The van der Waals surface area contributed by atoms with Gasteiger partial charge in [-0.1, -0.05) is 36.5 Å². The number of methoxy groups -OCH3 is 1. The first-order chi connectivity index (χ1) is 20.4. The Bertz CT molecular complexity index is 1480. The molecule has 4 rings (SSSR count). The normalized spacial score (nSPS) is 15.6. The fraction of sp³-hybridized carbons (Fsp3) is 0.438. The number of benzene rings is 3. The van der Waals surface area contributed by atoms with Gasteiger partial charge in [0.2, 0.25) is 0 Å². The molecule has 1 fully saturated rings. The minimum absolute atomic E-state index is 0.0297. The van der Waals surface area contributed by atoms with Crippen molar-refractivity contribution in [3.63, 3.8) is 0 Å². The van der Waals surface area contributed by atoms with E-state index in [1.807, 2.05) is 63.2 Å². The minimum atomic E-state index is -3.62. The highest BCUT2D eigenvalue weighted by Gasteiger charge is 2.29. The van der Waals surface area contributed by atoms with E-state index in [0.29, 0.717) is 36.1 Å². The van der Waals surface area contributed by atoms with Crippen LogP contribution in [0.3, 0.4) is 0 Å². The van der Waals surface area contributed by atoms with E-state index < -0.39 is 13.2 Å². The van der Waals surface area contributed by atoms with E-state index in [4.69, 9.17) is 41.2 Å². The summed E-state index contributed by atoms with van der Waals surface area (Å²) in [7, 11) is -2.07. The number of carbonyl (C=O) groups is 1. The van der Waals surface area contributed by atoms with Crippen LogP contribution in [0.25, 0.3) is 10.8 Å². The topological polar surface area (TPSA) is 110 Å². The lowest BCUT2D eigenvalue weighted by molar-refractivity contribution is 0.0126. The van der Waals surface area contributed by atoms with Gasteiger partial charge in [0.05, 0.1) is 31.2 Å². The summed E-state index contributed by atoms with van der Waals surface area (Å²) in [4.78, 5) is 14.3. The van der Waals surface area contributed by atoms with Crippen molar-refractivity contribution in [1.82, 2.24) is 4.90 Å². The highest BCUT2D eigenvalue weighted by molar-refractivity contribution is 7.80. The van der Waals surface area contributed by atoms with Crippen molar-refractivity contribution in [2.75, 3.05) is 33.4 Å². The summed E-state index contributed by atoms with van der Waals surface area (Å²) in [6.45, 7) is 9.00. The molecule has 1 atom stereocenters. The standard InChI is InChI=1S/C32H41N2O7PS/c1-6-38-42(36,26-13-9-23-10-14-27(30(33)43)29(37-5)28(23)21-26)39-20-17-22-7-11-24(12-8-22)40-25-15-18-34(19-16-25)31(35)41-32(2,3)4/h7-14,21,25H,6,15-20H2,1-5H3,(H2,33,43). The predicted molar refractivity (Wildman–Crippen MR) is 173 cm³/mol. The summed E-state index contributed by atoms with van der Waals surface area (Å²) < 4.78 is 42.8. The zero-order chi connectivity index (χ0) is 31.2. The van der Waals surface area contributed by atoms with Crippen LogP contribution in [0.1, 0.15) is 51.7 Å². The lowest BCUT2D eigenvalue weighted by atomic mass is 10.1. The number of hydrogen-bond acceptors (Lipinski definition) is 8. The molecular weight excluding hydrogens is 587 g/mol. The molecule has 1 amide bonds. The Labute approximate surface area is 259 Å². The summed E-state index contributed by atoms with van der Waals surface area (Å²) >= 11 is 5.18. The van der Waals surface area contributed by atoms with Gasteiger partial charge in [-0.2, -0.15) is 0 Å². The quantitative estimate of drug-likeness (QED) is 0.191. The molecular formula is C32H41N2O7PS. The monoisotopic (exact) mass is 628 g/mol. The van der Waals surface area contributed by atoms with Crippen LogP contribution in [0.4, 0.5) is 4.79 Å². The summed E-state index contributed by atoms with van der Waals surface area (Å²) in [5.74, 6) is 1.28.